The molecule has 1 fully saturated rings. The fourth-order valence-corrected chi connectivity index (χ4v) is 5.24. The van der Waals surface area contributed by atoms with Crippen LogP contribution < -0.4 is 9.64 Å². The van der Waals surface area contributed by atoms with Gasteiger partial charge >= 0.3 is 6.01 Å². The SMILES string of the molecule is CC(C)c1noc(N2CCC(CCCOc3ccc4c(c3)CCN(S(C)(=O)=O)C4)CC2)n1. The second-order valence-electron chi connectivity index (χ2n) is 9.29. The molecule has 0 spiro atoms. The van der Waals surface area contributed by atoms with E-state index >= 15 is 0 Å². The first-order valence-corrected chi connectivity index (χ1v) is 13.4. The minimum atomic E-state index is -3.14. The molecule has 4 rings (SSSR count). The Labute approximate surface area is 191 Å². The van der Waals surface area contributed by atoms with Gasteiger partial charge in [0.05, 0.1) is 12.9 Å². The zero-order valence-corrected chi connectivity index (χ0v) is 20.1. The Morgan fingerprint density at radius 2 is 1.97 bits per heavy atom. The second kappa shape index (κ2) is 9.79. The number of fused-ring (bicyclic) bond motifs is 1. The first-order valence-electron chi connectivity index (χ1n) is 11.6. The van der Waals surface area contributed by atoms with Gasteiger partial charge in [0.2, 0.25) is 10.0 Å². The smallest absolute Gasteiger partial charge is 0.324 e. The Morgan fingerprint density at radius 1 is 1.19 bits per heavy atom. The van der Waals surface area contributed by atoms with E-state index in [1.165, 1.54) is 16.1 Å². The summed E-state index contributed by atoms with van der Waals surface area (Å²) in [5.74, 6) is 2.63. The van der Waals surface area contributed by atoms with E-state index in [2.05, 4.69) is 35.0 Å². The predicted molar refractivity (Wildman–Crippen MR) is 123 cm³/mol. The third-order valence-corrected chi connectivity index (χ3v) is 7.73. The summed E-state index contributed by atoms with van der Waals surface area (Å²) in [5.41, 5.74) is 2.26. The van der Waals surface area contributed by atoms with Crippen LogP contribution in [-0.4, -0.2) is 55.4 Å². The van der Waals surface area contributed by atoms with E-state index in [1.54, 1.807) is 0 Å². The zero-order chi connectivity index (χ0) is 22.7. The molecular weight excluding hydrogens is 428 g/mol. The molecule has 0 bridgehead atoms. The van der Waals surface area contributed by atoms with E-state index in [-0.39, 0.29) is 5.92 Å². The molecule has 0 radical (unpaired) electrons. The van der Waals surface area contributed by atoms with Crippen molar-refractivity contribution in [2.45, 2.75) is 58.4 Å². The summed E-state index contributed by atoms with van der Waals surface area (Å²) in [6, 6.07) is 6.69. The minimum absolute atomic E-state index is 0.280. The number of benzene rings is 1. The summed E-state index contributed by atoms with van der Waals surface area (Å²) < 4.78 is 36.5. The van der Waals surface area contributed by atoms with Crippen molar-refractivity contribution < 1.29 is 17.7 Å². The van der Waals surface area contributed by atoms with Crippen LogP contribution in [-0.2, 0) is 23.0 Å². The molecule has 3 heterocycles. The number of anilines is 1. The van der Waals surface area contributed by atoms with E-state index in [0.29, 0.717) is 31.6 Å². The highest BCUT2D eigenvalue weighted by molar-refractivity contribution is 7.88. The first kappa shape index (κ1) is 23.0. The van der Waals surface area contributed by atoms with Gasteiger partial charge in [0.1, 0.15) is 5.75 Å². The Hall–Kier alpha value is -2.13. The topological polar surface area (TPSA) is 88.8 Å². The molecule has 2 aliphatic heterocycles. The lowest BCUT2D eigenvalue weighted by atomic mass is 9.92. The number of nitrogens with zero attached hydrogens (tertiary/aromatic N) is 4. The quantitative estimate of drug-likeness (QED) is 0.554. The molecule has 1 aromatic carbocycles. The maximum atomic E-state index is 11.8. The van der Waals surface area contributed by atoms with Gasteiger partial charge in [-0.25, -0.2) is 8.42 Å². The van der Waals surface area contributed by atoms with Crippen LogP contribution in [0.4, 0.5) is 6.01 Å². The van der Waals surface area contributed by atoms with Crippen molar-refractivity contribution >= 4 is 16.0 Å². The predicted octanol–water partition coefficient (Wildman–Crippen LogP) is 3.59. The molecule has 0 N–H and O–H groups in total. The summed E-state index contributed by atoms with van der Waals surface area (Å²) in [6.07, 6.45) is 6.46. The molecule has 8 nitrogen and oxygen atoms in total. The number of hydrogen-bond donors (Lipinski definition) is 0. The molecule has 0 atom stereocenters. The lowest BCUT2D eigenvalue weighted by Crippen LogP contribution is -2.35. The highest BCUT2D eigenvalue weighted by Gasteiger charge is 2.24. The van der Waals surface area contributed by atoms with Crippen LogP contribution in [0.3, 0.4) is 0 Å². The summed E-state index contributed by atoms with van der Waals surface area (Å²) in [4.78, 5) is 6.71. The molecule has 2 aromatic rings. The van der Waals surface area contributed by atoms with Gasteiger partial charge in [-0.15, -0.1) is 0 Å². The Morgan fingerprint density at radius 3 is 2.66 bits per heavy atom. The molecule has 2 aliphatic rings. The maximum absolute atomic E-state index is 11.8. The van der Waals surface area contributed by atoms with Crippen molar-refractivity contribution in [3.05, 3.63) is 35.2 Å². The third kappa shape index (κ3) is 5.61. The average molecular weight is 463 g/mol. The highest BCUT2D eigenvalue weighted by atomic mass is 32.2. The fraction of sp³-hybridized carbons (Fsp3) is 0.652. The molecule has 1 saturated heterocycles. The first-order chi connectivity index (χ1) is 15.3. The van der Waals surface area contributed by atoms with Crippen molar-refractivity contribution in [2.75, 3.05) is 37.4 Å². The molecule has 0 amide bonds. The number of ether oxygens (including phenoxy) is 1. The van der Waals surface area contributed by atoms with Gasteiger partial charge in [0.15, 0.2) is 5.82 Å². The average Bonchev–Trinajstić information content (AvgIpc) is 3.27. The van der Waals surface area contributed by atoms with Crippen molar-refractivity contribution in [3.63, 3.8) is 0 Å². The van der Waals surface area contributed by atoms with Crippen LogP contribution >= 0.6 is 0 Å². The van der Waals surface area contributed by atoms with E-state index in [0.717, 1.165) is 62.3 Å². The summed E-state index contributed by atoms with van der Waals surface area (Å²) >= 11 is 0. The second-order valence-corrected chi connectivity index (χ2v) is 11.3. The van der Waals surface area contributed by atoms with Crippen molar-refractivity contribution in [3.8, 4) is 5.75 Å². The third-order valence-electron chi connectivity index (χ3n) is 6.48. The Bertz CT molecular complexity index is 1010. The molecule has 0 aliphatic carbocycles. The van der Waals surface area contributed by atoms with Crippen molar-refractivity contribution in [2.24, 2.45) is 5.92 Å². The number of sulfonamides is 1. The number of rotatable bonds is 8. The van der Waals surface area contributed by atoms with Gasteiger partial charge in [-0.3, -0.25) is 0 Å². The van der Waals surface area contributed by atoms with Crippen LogP contribution in [0.1, 0.15) is 62.4 Å². The molecule has 9 heteroatoms. The highest BCUT2D eigenvalue weighted by Crippen LogP contribution is 2.27. The van der Waals surface area contributed by atoms with Crippen LogP contribution in [0.25, 0.3) is 0 Å². The monoisotopic (exact) mass is 462 g/mol. The molecule has 1 aromatic heterocycles. The zero-order valence-electron chi connectivity index (χ0n) is 19.3. The maximum Gasteiger partial charge on any atom is 0.324 e. The summed E-state index contributed by atoms with van der Waals surface area (Å²) in [7, 11) is -3.14. The summed E-state index contributed by atoms with van der Waals surface area (Å²) in [6.45, 7) is 7.75. The summed E-state index contributed by atoms with van der Waals surface area (Å²) in [5, 5.41) is 4.07. The molecule has 176 valence electrons. The van der Waals surface area contributed by atoms with E-state index in [9.17, 15) is 8.42 Å². The Balaban J connectivity index is 1.18. The molecule has 0 saturated carbocycles. The lowest BCUT2D eigenvalue weighted by Gasteiger charge is -2.30. The van der Waals surface area contributed by atoms with Crippen LogP contribution in [0, 0.1) is 5.92 Å². The van der Waals surface area contributed by atoms with Gasteiger partial charge in [-0.1, -0.05) is 25.1 Å². The number of aromatic nitrogens is 2. The number of piperidine rings is 1. The van der Waals surface area contributed by atoms with Crippen LogP contribution in [0.5, 0.6) is 5.75 Å². The minimum Gasteiger partial charge on any atom is -0.494 e. The van der Waals surface area contributed by atoms with Crippen molar-refractivity contribution in [1.82, 2.24) is 14.4 Å². The van der Waals surface area contributed by atoms with Gasteiger partial charge in [0.25, 0.3) is 0 Å². The van der Waals surface area contributed by atoms with Gasteiger partial charge in [-0.05, 0) is 61.3 Å². The van der Waals surface area contributed by atoms with Gasteiger partial charge in [0, 0.05) is 32.1 Å². The van der Waals surface area contributed by atoms with E-state index in [4.69, 9.17) is 9.26 Å². The van der Waals surface area contributed by atoms with Crippen LogP contribution in [0.15, 0.2) is 22.7 Å². The standard InChI is InChI=1S/C23H34N4O4S/c1-17(2)22-24-23(31-25-22)26-11-8-18(9-12-26)5-4-14-30-21-7-6-20-16-27(32(3,28)29)13-10-19(20)15-21/h6-7,15,17-18H,4-5,8-14,16H2,1-3H3. The molecular formula is C23H34N4O4S. The Kier molecular flexibility index (Phi) is 7.05. The largest absolute Gasteiger partial charge is 0.494 e. The molecule has 32 heavy (non-hydrogen) atoms. The van der Waals surface area contributed by atoms with E-state index < -0.39 is 10.0 Å². The normalized spacial score (nSPS) is 18.2. The van der Waals surface area contributed by atoms with Gasteiger partial charge in [-0.2, -0.15) is 9.29 Å². The van der Waals surface area contributed by atoms with Crippen LogP contribution in [0.2, 0.25) is 0 Å². The van der Waals surface area contributed by atoms with Gasteiger partial charge < -0.3 is 14.2 Å². The van der Waals surface area contributed by atoms with Crippen molar-refractivity contribution in [1.29, 1.82) is 0 Å². The molecule has 0 unspecified atom stereocenters. The lowest BCUT2D eigenvalue weighted by molar-refractivity contribution is 0.276. The fourth-order valence-electron chi connectivity index (χ4n) is 4.44. The van der Waals surface area contributed by atoms with E-state index in [1.807, 2.05) is 12.1 Å². The number of hydrogen-bond acceptors (Lipinski definition) is 7.